The van der Waals surface area contributed by atoms with Gasteiger partial charge in [-0.3, -0.25) is 0 Å². The molecule has 1 aliphatic rings. The van der Waals surface area contributed by atoms with Gasteiger partial charge in [0.25, 0.3) is 0 Å². The summed E-state index contributed by atoms with van der Waals surface area (Å²) >= 11 is 11.9. The summed E-state index contributed by atoms with van der Waals surface area (Å²) in [5.74, 6) is 0. The van der Waals surface area contributed by atoms with Crippen LogP contribution in [-0.4, -0.2) is 5.11 Å². The van der Waals surface area contributed by atoms with E-state index in [0.717, 1.165) is 22.3 Å². The van der Waals surface area contributed by atoms with Gasteiger partial charge in [0.1, 0.15) is 6.10 Å². The number of aliphatic hydroxyl groups excluding tert-OH is 1. The Kier molecular flexibility index (Phi) is 2.33. The zero-order valence-corrected chi connectivity index (χ0v) is 10.3. The second-order valence-corrected chi connectivity index (χ2v) is 4.94. The number of halogens is 2. The van der Waals surface area contributed by atoms with Crippen molar-refractivity contribution in [1.82, 2.24) is 0 Å². The quantitative estimate of drug-likeness (QED) is 0.715. The Hall–Kier alpha value is -1.22. The van der Waals surface area contributed by atoms with Crippen LogP contribution in [0.25, 0.3) is 11.1 Å². The minimum Gasteiger partial charge on any atom is -0.398 e. The normalized spacial score (nSPS) is 16.8. The van der Waals surface area contributed by atoms with E-state index in [1.54, 1.807) is 24.3 Å². The first-order chi connectivity index (χ1) is 8.08. The lowest BCUT2D eigenvalue weighted by Crippen LogP contribution is -1.95. The fourth-order valence-electron chi connectivity index (χ4n) is 2.24. The molecule has 0 aliphatic heterocycles. The van der Waals surface area contributed by atoms with Gasteiger partial charge < -0.3 is 10.8 Å². The highest BCUT2D eigenvalue weighted by molar-refractivity contribution is 6.33. The van der Waals surface area contributed by atoms with Crippen LogP contribution in [0.5, 0.6) is 0 Å². The molecule has 0 saturated heterocycles. The summed E-state index contributed by atoms with van der Waals surface area (Å²) in [4.78, 5) is 0. The molecule has 2 aromatic carbocycles. The Morgan fingerprint density at radius 1 is 1.00 bits per heavy atom. The van der Waals surface area contributed by atoms with Gasteiger partial charge in [0, 0.05) is 5.02 Å². The molecule has 17 heavy (non-hydrogen) atoms. The zero-order chi connectivity index (χ0) is 12.2. The van der Waals surface area contributed by atoms with Crippen LogP contribution in [0.3, 0.4) is 0 Å². The Balaban J connectivity index is 2.31. The molecule has 4 heteroatoms. The van der Waals surface area contributed by atoms with E-state index in [2.05, 4.69) is 0 Å². The Morgan fingerprint density at radius 3 is 2.47 bits per heavy atom. The summed E-state index contributed by atoms with van der Waals surface area (Å²) < 4.78 is 0. The van der Waals surface area contributed by atoms with E-state index in [-0.39, 0.29) is 0 Å². The van der Waals surface area contributed by atoms with Gasteiger partial charge >= 0.3 is 0 Å². The predicted octanol–water partition coefficient (Wildman–Crippen LogP) is 3.64. The average Bonchev–Trinajstić information content (AvgIpc) is 2.54. The van der Waals surface area contributed by atoms with Crippen LogP contribution in [0.1, 0.15) is 17.2 Å². The van der Waals surface area contributed by atoms with Crippen molar-refractivity contribution in [2.75, 3.05) is 5.73 Å². The number of fused-ring (bicyclic) bond motifs is 3. The maximum absolute atomic E-state index is 10.2. The molecule has 0 bridgehead atoms. The summed E-state index contributed by atoms with van der Waals surface area (Å²) in [6.07, 6.45) is -0.684. The van der Waals surface area contributed by atoms with Gasteiger partial charge in [0.05, 0.1) is 10.7 Å². The standard InChI is InChI=1S/C13H9Cl2NO/c14-6-1-2-7-8-5-12(16)11(15)4-10(8)13(17)9(7)3-6/h1-5,13,17H,16H2/t13-/m0/s1. The Labute approximate surface area is 109 Å². The van der Waals surface area contributed by atoms with Crippen molar-refractivity contribution in [2.24, 2.45) is 0 Å². The van der Waals surface area contributed by atoms with Gasteiger partial charge in [0.2, 0.25) is 0 Å². The van der Waals surface area contributed by atoms with E-state index in [1.165, 1.54) is 0 Å². The fraction of sp³-hybridized carbons (Fsp3) is 0.0769. The molecule has 0 saturated carbocycles. The molecule has 3 rings (SSSR count). The molecule has 0 fully saturated rings. The summed E-state index contributed by atoms with van der Waals surface area (Å²) in [6, 6.07) is 8.96. The van der Waals surface area contributed by atoms with Crippen molar-refractivity contribution in [1.29, 1.82) is 0 Å². The average molecular weight is 266 g/mol. The van der Waals surface area contributed by atoms with Crippen LogP contribution in [0, 0.1) is 0 Å². The number of nitrogen functional groups attached to an aromatic ring is 1. The second-order valence-electron chi connectivity index (χ2n) is 4.10. The number of rotatable bonds is 0. The number of aliphatic hydroxyl groups is 1. The molecule has 3 N–H and O–H groups in total. The highest BCUT2D eigenvalue weighted by Crippen LogP contribution is 2.46. The van der Waals surface area contributed by atoms with E-state index in [9.17, 15) is 5.11 Å². The molecule has 0 spiro atoms. The summed E-state index contributed by atoms with van der Waals surface area (Å²) in [5.41, 5.74) is 9.76. The minimum absolute atomic E-state index is 0.460. The van der Waals surface area contributed by atoms with Gasteiger partial charge in [-0.1, -0.05) is 29.3 Å². The molecule has 1 aliphatic carbocycles. The van der Waals surface area contributed by atoms with Gasteiger partial charge in [-0.15, -0.1) is 0 Å². The van der Waals surface area contributed by atoms with Crippen molar-refractivity contribution in [3.63, 3.8) is 0 Å². The lowest BCUT2D eigenvalue weighted by atomic mass is 10.1. The van der Waals surface area contributed by atoms with Gasteiger partial charge in [0.15, 0.2) is 0 Å². The molecule has 0 aromatic heterocycles. The first-order valence-electron chi connectivity index (χ1n) is 5.14. The monoisotopic (exact) mass is 265 g/mol. The van der Waals surface area contributed by atoms with Gasteiger partial charge in [-0.2, -0.15) is 0 Å². The summed E-state index contributed by atoms with van der Waals surface area (Å²) in [6.45, 7) is 0. The number of benzene rings is 2. The predicted molar refractivity (Wildman–Crippen MR) is 70.4 cm³/mol. The van der Waals surface area contributed by atoms with Crippen molar-refractivity contribution in [3.05, 3.63) is 51.5 Å². The van der Waals surface area contributed by atoms with Crippen LogP contribution in [0.2, 0.25) is 10.0 Å². The molecule has 0 amide bonds. The van der Waals surface area contributed by atoms with Crippen LogP contribution in [0.15, 0.2) is 30.3 Å². The molecule has 0 radical (unpaired) electrons. The Morgan fingerprint density at radius 2 is 1.71 bits per heavy atom. The molecule has 2 nitrogen and oxygen atoms in total. The van der Waals surface area contributed by atoms with Crippen molar-refractivity contribution >= 4 is 28.9 Å². The van der Waals surface area contributed by atoms with E-state index < -0.39 is 6.10 Å². The molecule has 1 atom stereocenters. The second kappa shape index (κ2) is 3.64. The van der Waals surface area contributed by atoms with Gasteiger partial charge in [-0.05, 0) is 46.5 Å². The molecule has 86 valence electrons. The SMILES string of the molecule is Nc1cc2c(cc1Cl)[C@@H](O)c1cc(Cl)ccc1-2. The Bertz CT molecular complexity index is 625. The maximum Gasteiger partial charge on any atom is 0.105 e. The van der Waals surface area contributed by atoms with E-state index in [4.69, 9.17) is 28.9 Å². The van der Waals surface area contributed by atoms with E-state index >= 15 is 0 Å². The van der Waals surface area contributed by atoms with Crippen molar-refractivity contribution in [2.45, 2.75) is 6.10 Å². The van der Waals surface area contributed by atoms with Crippen LogP contribution in [-0.2, 0) is 0 Å². The minimum atomic E-state index is -0.684. The molecular weight excluding hydrogens is 257 g/mol. The summed E-state index contributed by atoms with van der Waals surface area (Å²) in [7, 11) is 0. The zero-order valence-electron chi connectivity index (χ0n) is 8.74. The van der Waals surface area contributed by atoms with Crippen LogP contribution >= 0.6 is 23.2 Å². The van der Waals surface area contributed by atoms with Crippen molar-refractivity contribution in [3.8, 4) is 11.1 Å². The first-order valence-corrected chi connectivity index (χ1v) is 5.90. The number of hydrogen-bond acceptors (Lipinski definition) is 2. The van der Waals surface area contributed by atoms with Crippen LogP contribution in [0.4, 0.5) is 5.69 Å². The fourth-order valence-corrected chi connectivity index (χ4v) is 2.59. The third-order valence-electron chi connectivity index (χ3n) is 3.06. The largest absolute Gasteiger partial charge is 0.398 e. The maximum atomic E-state index is 10.2. The van der Waals surface area contributed by atoms with E-state index in [0.29, 0.717) is 15.7 Å². The first kappa shape index (κ1) is 10.9. The molecule has 0 heterocycles. The lowest BCUT2D eigenvalue weighted by Gasteiger charge is -2.06. The lowest BCUT2D eigenvalue weighted by molar-refractivity contribution is 0.225. The molecular formula is C13H9Cl2NO. The smallest absolute Gasteiger partial charge is 0.105 e. The summed E-state index contributed by atoms with van der Waals surface area (Å²) in [5, 5.41) is 11.3. The van der Waals surface area contributed by atoms with Crippen LogP contribution < -0.4 is 5.73 Å². The topological polar surface area (TPSA) is 46.2 Å². The van der Waals surface area contributed by atoms with E-state index in [1.807, 2.05) is 6.07 Å². The highest BCUT2D eigenvalue weighted by Gasteiger charge is 2.28. The van der Waals surface area contributed by atoms with Gasteiger partial charge in [-0.25, -0.2) is 0 Å². The van der Waals surface area contributed by atoms with Crippen molar-refractivity contribution < 1.29 is 5.11 Å². The highest BCUT2D eigenvalue weighted by atomic mass is 35.5. The third kappa shape index (κ3) is 1.53. The number of hydrogen-bond donors (Lipinski definition) is 2. The number of anilines is 1. The molecule has 0 unspecified atom stereocenters. The number of nitrogens with two attached hydrogens (primary N) is 1. The third-order valence-corrected chi connectivity index (χ3v) is 3.62. The molecule has 2 aromatic rings.